The van der Waals surface area contributed by atoms with Gasteiger partial charge >= 0.3 is 5.97 Å². The summed E-state index contributed by atoms with van der Waals surface area (Å²) < 4.78 is 5.08. The van der Waals surface area contributed by atoms with Crippen molar-refractivity contribution in [2.24, 2.45) is 0 Å². The van der Waals surface area contributed by atoms with Gasteiger partial charge in [0.2, 0.25) is 5.91 Å². The Balaban J connectivity index is 2.30. The molecule has 0 bridgehead atoms. The third-order valence-corrected chi connectivity index (χ3v) is 4.89. The lowest BCUT2D eigenvalue weighted by molar-refractivity contribution is -0.137. The first-order valence-corrected chi connectivity index (χ1v) is 7.24. The molecule has 0 saturated carbocycles. The highest BCUT2D eigenvalue weighted by Crippen LogP contribution is 2.48. The largest absolute Gasteiger partial charge is 0.422 e. The predicted octanol–water partition coefficient (Wildman–Crippen LogP) is 4.14. The van der Waals surface area contributed by atoms with Crippen LogP contribution in [0.15, 0.2) is 0 Å². The third kappa shape index (κ3) is 2.95. The minimum Gasteiger partial charge on any atom is -0.422 e. The molecule has 0 aliphatic carbocycles. The summed E-state index contributed by atoms with van der Waals surface area (Å²) in [6, 6.07) is -0.747. The fourth-order valence-electron chi connectivity index (χ4n) is 1.64. The van der Waals surface area contributed by atoms with Crippen molar-refractivity contribution in [3.63, 3.8) is 0 Å². The molecule has 1 amide bonds. The van der Waals surface area contributed by atoms with Crippen LogP contribution in [0.3, 0.4) is 0 Å². The van der Waals surface area contributed by atoms with E-state index in [-0.39, 0.29) is 43.2 Å². The number of carbonyl (C=O) groups excluding carboxylic acids is 2. The van der Waals surface area contributed by atoms with Gasteiger partial charge in [-0.15, -0.1) is 0 Å². The third-order valence-electron chi connectivity index (χ3n) is 2.65. The van der Waals surface area contributed by atoms with Gasteiger partial charge in [0.25, 0.3) is 0 Å². The van der Waals surface area contributed by atoms with Crippen LogP contribution in [0, 0.1) is 0 Å². The molecule has 1 aromatic carbocycles. The summed E-state index contributed by atoms with van der Waals surface area (Å²) in [6.07, 6.45) is 0.589. The molecule has 1 fully saturated rings. The van der Waals surface area contributed by atoms with E-state index in [1.807, 2.05) is 0 Å². The maximum atomic E-state index is 11.9. The molecule has 1 heterocycles. The summed E-state index contributed by atoms with van der Waals surface area (Å²) in [5, 5.41) is 2.05. The standard InChI is InChI=1S/C11H6Cl5NO3/c12-5-6(13)8(15)10(9(16)7(5)14)20-11(19)3-1-2-4(18)17-3/h3H,1-2H2,(H,17,18). The van der Waals surface area contributed by atoms with Crippen molar-refractivity contribution in [2.75, 3.05) is 0 Å². The first-order chi connectivity index (χ1) is 9.32. The first kappa shape index (κ1) is 16.0. The van der Waals surface area contributed by atoms with Crippen LogP contribution in [0.25, 0.3) is 0 Å². The fourth-order valence-corrected chi connectivity index (χ4v) is 2.84. The molecule has 4 nitrogen and oxygen atoms in total. The minimum atomic E-state index is -0.747. The molecular weight excluding hydrogens is 371 g/mol. The molecular formula is C11H6Cl5NO3. The number of halogens is 5. The van der Waals surface area contributed by atoms with Gasteiger partial charge in [-0.3, -0.25) is 4.79 Å². The SMILES string of the molecule is O=C1CCC(C(=O)Oc2c(Cl)c(Cl)c(Cl)c(Cl)c2Cl)N1. The number of hydrogen-bond donors (Lipinski definition) is 1. The zero-order valence-electron chi connectivity index (χ0n) is 9.61. The second-order valence-electron chi connectivity index (χ2n) is 3.98. The molecule has 0 spiro atoms. The Morgan fingerprint density at radius 1 is 1.00 bits per heavy atom. The van der Waals surface area contributed by atoms with E-state index in [0.29, 0.717) is 6.42 Å². The Bertz CT molecular complexity index is 575. The summed E-state index contributed by atoms with van der Waals surface area (Å²) >= 11 is 29.4. The van der Waals surface area contributed by atoms with Crippen LogP contribution < -0.4 is 10.1 Å². The Morgan fingerprint density at radius 3 is 1.95 bits per heavy atom. The number of rotatable bonds is 2. The zero-order chi connectivity index (χ0) is 15.0. The molecule has 108 valence electrons. The van der Waals surface area contributed by atoms with Crippen molar-refractivity contribution in [1.82, 2.24) is 5.32 Å². The van der Waals surface area contributed by atoms with Gasteiger partial charge in [-0.05, 0) is 6.42 Å². The van der Waals surface area contributed by atoms with E-state index in [0.717, 1.165) is 0 Å². The number of ether oxygens (including phenoxy) is 1. The van der Waals surface area contributed by atoms with Gasteiger partial charge in [0, 0.05) is 6.42 Å². The average molecular weight is 377 g/mol. The van der Waals surface area contributed by atoms with Gasteiger partial charge < -0.3 is 10.1 Å². The van der Waals surface area contributed by atoms with Crippen molar-refractivity contribution >= 4 is 69.9 Å². The van der Waals surface area contributed by atoms with Gasteiger partial charge in [0.1, 0.15) is 16.1 Å². The highest BCUT2D eigenvalue weighted by Gasteiger charge is 2.31. The Kier molecular flexibility index (Phi) is 4.92. The molecule has 1 atom stereocenters. The highest BCUT2D eigenvalue weighted by atomic mass is 35.5. The molecule has 1 unspecified atom stereocenters. The van der Waals surface area contributed by atoms with Crippen LogP contribution in [0.4, 0.5) is 0 Å². The summed E-state index contributed by atoms with van der Waals surface area (Å²) in [6.45, 7) is 0. The molecule has 0 radical (unpaired) electrons. The van der Waals surface area contributed by atoms with Crippen molar-refractivity contribution in [2.45, 2.75) is 18.9 Å². The molecule has 9 heteroatoms. The number of amides is 1. The number of esters is 1. The molecule has 1 N–H and O–H groups in total. The molecule has 0 aromatic heterocycles. The lowest BCUT2D eigenvalue weighted by Gasteiger charge is -2.14. The van der Waals surface area contributed by atoms with Crippen LogP contribution in [-0.2, 0) is 9.59 Å². The molecule has 1 saturated heterocycles. The van der Waals surface area contributed by atoms with E-state index in [1.165, 1.54) is 0 Å². The average Bonchev–Trinajstić information content (AvgIpc) is 2.85. The number of nitrogens with one attached hydrogen (secondary N) is 1. The zero-order valence-corrected chi connectivity index (χ0v) is 13.4. The second kappa shape index (κ2) is 6.16. The fraction of sp³-hybridized carbons (Fsp3) is 0.273. The minimum absolute atomic E-state index is 0.0303. The van der Waals surface area contributed by atoms with E-state index in [2.05, 4.69) is 5.32 Å². The van der Waals surface area contributed by atoms with Crippen LogP contribution in [-0.4, -0.2) is 17.9 Å². The smallest absolute Gasteiger partial charge is 0.334 e. The van der Waals surface area contributed by atoms with E-state index < -0.39 is 12.0 Å². The van der Waals surface area contributed by atoms with E-state index in [1.54, 1.807) is 0 Å². The van der Waals surface area contributed by atoms with Crippen LogP contribution in [0.5, 0.6) is 5.75 Å². The maximum absolute atomic E-state index is 11.9. The van der Waals surface area contributed by atoms with E-state index >= 15 is 0 Å². The molecule has 1 aromatic rings. The monoisotopic (exact) mass is 375 g/mol. The quantitative estimate of drug-likeness (QED) is 0.365. The number of benzene rings is 1. The summed E-state index contributed by atoms with van der Waals surface area (Å²) in [5.74, 6) is -1.11. The van der Waals surface area contributed by atoms with Crippen LogP contribution in [0.1, 0.15) is 12.8 Å². The van der Waals surface area contributed by atoms with Gasteiger partial charge in [-0.25, -0.2) is 4.79 Å². The number of carbonyl (C=O) groups is 2. The van der Waals surface area contributed by atoms with Crippen LogP contribution >= 0.6 is 58.0 Å². The Morgan fingerprint density at radius 2 is 1.50 bits per heavy atom. The lowest BCUT2D eigenvalue weighted by atomic mass is 10.2. The van der Waals surface area contributed by atoms with Crippen molar-refractivity contribution < 1.29 is 14.3 Å². The molecule has 2 rings (SSSR count). The summed E-state index contributed by atoms with van der Waals surface area (Å²) in [5.41, 5.74) is 0. The van der Waals surface area contributed by atoms with E-state index in [4.69, 9.17) is 62.7 Å². The van der Waals surface area contributed by atoms with Crippen molar-refractivity contribution in [1.29, 1.82) is 0 Å². The highest BCUT2D eigenvalue weighted by molar-refractivity contribution is 6.55. The lowest BCUT2D eigenvalue weighted by Crippen LogP contribution is -2.36. The molecule has 1 aliphatic heterocycles. The maximum Gasteiger partial charge on any atom is 0.334 e. The van der Waals surface area contributed by atoms with Gasteiger partial charge in [0.05, 0.1) is 15.1 Å². The normalized spacial score (nSPS) is 18.1. The van der Waals surface area contributed by atoms with E-state index in [9.17, 15) is 9.59 Å². The molecule has 20 heavy (non-hydrogen) atoms. The Hall–Kier alpha value is -0.390. The Labute approximate surface area is 139 Å². The summed E-state index contributed by atoms with van der Waals surface area (Å²) in [4.78, 5) is 23.0. The second-order valence-corrected chi connectivity index (χ2v) is 5.87. The van der Waals surface area contributed by atoms with Gasteiger partial charge in [-0.1, -0.05) is 58.0 Å². The van der Waals surface area contributed by atoms with Crippen molar-refractivity contribution in [3.8, 4) is 5.75 Å². The van der Waals surface area contributed by atoms with Gasteiger partial charge in [-0.2, -0.15) is 0 Å². The topological polar surface area (TPSA) is 55.4 Å². The van der Waals surface area contributed by atoms with Crippen LogP contribution in [0.2, 0.25) is 25.1 Å². The summed E-state index contributed by atoms with van der Waals surface area (Å²) in [7, 11) is 0. The molecule has 1 aliphatic rings. The number of hydrogen-bond acceptors (Lipinski definition) is 3. The van der Waals surface area contributed by atoms with Crippen molar-refractivity contribution in [3.05, 3.63) is 25.1 Å². The predicted molar refractivity (Wildman–Crippen MR) is 78.3 cm³/mol. The first-order valence-electron chi connectivity index (χ1n) is 5.35. The van der Waals surface area contributed by atoms with Gasteiger partial charge in [0.15, 0.2) is 5.75 Å².